The number of methoxy groups -OCH3 is 1. The van der Waals surface area contributed by atoms with E-state index in [0.717, 1.165) is 24.0 Å². The molecular formula is C29H30Cl3MnN2O3. The number of phenolic OH excluding ortho intramolecular Hbond substituents is 2. The molecule has 0 bridgehead atoms. The Labute approximate surface area is 253 Å². The van der Waals surface area contributed by atoms with Gasteiger partial charge in [-0.3, -0.25) is 0 Å². The van der Waals surface area contributed by atoms with E-state index in [-0.39, 0.29) is 60.0 Å². The molecule has 0 aliphatic heterocycles. The number of ether oxygens (including phenoxy) is 1. The number of unbranched alkanes of at least 4 members (excludes halogenated alkanes) is 3. The van der Waals surface area contributed by atoms with E-state index in [0.29, 0.717) is 39.8 Å². The van der Waals surface area contributed by atoms with E-state index in [1.807, 2.05) is 54.6 Å². The fraction of sp³-hybridized carbons (Fsp3) is 0.241. The van der Waals surface area contributed by atoms with Crippen LogP contribution in [-0.2, 0) is 23.5 Å². The Kier molecular flexibility index (Phi) is 16.1. The van der Waals surface area contributed by atoms with Crippen LogP contribution in [0.1, 0.15) is 38.2 Å². The van der Waals surface area contributed by atoms with E-state index in [1.165, 1.54) is 19.3 Å². The summed E-state index contributed by atoms with van der Waals surface area (Å²) < 4.78 is 5.29. The number of pyridine rings is 2. The Morgan fingerprint density at radius 3 is 1.87 bits per heavy atom. The van der Waals surface area contributed by atoms with E-state index >= 15 is 0 Å². The van der Waals surface area contributed by atoms with Gasteiger partial charge in [0.15, 0.2) is 0 Å². The molecule has 2 aromatic heterocycles. The van der Waals surface area contributed by atoms with Gasteiger partial charge in [0.1, 0.15) is 17.2 Å². The number of aryl methyl sites for hydroxylation is 1. The number of nitrogens with zero attached hydrogens (tertiary/aromatic N) is 2. The molecule has 0 radical (unpaired) electrons. The van der Waals surface area contributed by atoms with Crippen molar-refractivity contribution in [1.29, 1.82) is 0 Å². The van der Waals surface area contributed by atoms with Crippen molar-refractivity contribution in [2.24, 2.45) is 0 Å². The average Bonchev–Trinajstić information content (AvgIpc) is 2.88. The number of aromatic nitrogens is 2. The second-order valence-electron chi connectivity index (χ2n) is 8.32. The van der Waals surface area contributed by atoms with Crippen LogP contribution in [0.4, 0.5) is 0 Å². The minimum absolute atomic E-state index is 0. The zero-order valence-electron chi connectivity index (χ0n) is 21.2. The number of benzene rings is 2. The summed E-state index contributed by atoms with van der Waals surface area (Å²) in [6, 6.07) is 22.3. The van der Waals surface area contributed by atoms with Crippen molar-refractivity contribution < 1.29 is 69.2 Å². The van der Waals surface area contributed by atoms with Gasteiger partial charge >= 0.3 is 17.1 Å². The Hall–Kier alpha value is -2.47. The molecule has 0 unspecified atom stereocenters. The molecule has 0 saturated heterocycles. The average molecular weight is 616 g/mol. The first-order valence-corrected chi connectivity index (χ1v) is 11.7. The van der Waals surface area contributed by atoms with Crippen LogP contribution in [0.5, 0.6) is 17.2 Å². The summed E-state index contributed by atoms with van der Waals surface area (Å²) in [5.74, 6) is 1.07. The summed E-state index contributed by atoms with van der Waals surface area (Å²) in [5, 5.41) is 21.3. The van der Waals surface area contributed by atoms with Crippen molar-refractivity contribution in [2.75, 3.05) is 7.11 Å². The van der Waals surface area contributed by atoms with Crippen molar-refractivity contribution in [1.82, 2.24) is 9.97 Å². The van der Waals surface area contributed by atoms with Gasteiger partial charge in [0.05, 0.1) is 29.9 Å². The number of halogens is 3. The first-order valence-electron chi connectivity index (χ1n) is 11.7. The second kappa shape index (κ2) is 17.2. The Bertz CT molecular complexity index is 1290. The van der Waals surface area contributed by atoms with Gasteiger partial charge in [-0.2, -0.15) is 0 Å². The van der Waals surface area contributed by atoms with Crippen LogP contribution < -0.4 is 42.0 Å². The molecule has 0 atom stereocenters. The number of phenols is 2. The van der Waals surface area contributed by atoms with Crippen LogP contribution in [-0.4, -0.2) is 27.3 Å². The minimum atomic E-state index is 0. The first kappa shape index (κ1) is 35.5. The number of rotatable bonds is 9. The molecule has 2 heterocycles. The van der Waals surface area contributed by atoms with E-state index in [2.05, 4.69) is 6.92 Å². The number of aromatic hydroxyl groups is 2. The zero-order chi connectivity index (χ0) is 23.9. The van der Waals surface area contributed by atoms with Gasteiger partial charge in [0.25, 0.3) is 0 Å². The molecule has 9 heteroatoms. The largest absolute Gasteiger partial charge is 3.00 e. The van der Waals surface area contributed by atoms with E-state index in [1.54, 1.807) is 25.3 Å². The van der Waals surface area contributed by atoms with Crippen molar-refractivity contribution in [3.05, 3.63) is 78.4 Å². The van der Waals surface area contributed by atoms with Crippen molar-refractivity contribution in [2.45, 2.75) is 39.0 Å². The number of para-hydroxylation sites is 1. The second-order valence-corrected chi connectivity index (χ2v) is 8.32. The van der Waals surface area contributed by atoms with Gasteiger partial charge in [-0.1, -0.05) is 50.5 Å². The maximum Gasteiger partial charge on any atom is 3.00 e. The fourth-order valence-electron chi connectivity index (χ4n) is 4.04. The third kappa shape index (κ3) is 8.52. The zero-order valence-corrected chi connectivity index (χ0v) is 24.6. The summed E-state index contributed by atoms with van der Waals surface area (Å²) in [4.78, 5) is 9.55. The summed E-state index contributed by atoms with van der Waals surface area (Å²) >= 11 is 0. The van der Waals surface area contributed by atoms with Gasteiger partial charge in [0, 0.05) is 11.1 Å². The molecule has 2 N–H and O–H groups in total. The van der Waals surface area contributed by atoms with Crippen LogP contribution in [0.15, 0.2) is 72.8 Å². The third-order valence-corrected chi connectivity index (χ3v) is 5.94. The van der Waals surface area contributed by atoms with Crippen LogP contribution in [0, 0.1) is 0 Å². The molecule has 0 saturated carbocycles. The standard InChI is InChI=1S/C29H30N2O3.3ClH.Mn/c1-3-4-5-6-10-20-11-7-12-22(29(20)33)24-13-8-15-26(30-24)27-16-9-14-25(31-27)23-19-21(34-2)17-18-28(23)32;;;;/h7-9,11-19,32-33H,3-6,10H2,1-2H3;3*1H;/q;;;;+3/p-3. The van der Waals surface area contributed by atoms with Crippen LogP contribution in [0.25, 0.3) is 33.9 Å². The predicted molar refractivity (Wildman–Crippen MR) is 136 cm³/mol. The Morgan fingerprint density at radius 2 is 1.26 bits per heavy atom. The van der Waals surface area contributed by atoms with Crippen LogP contribution in [0.3, 0.4) is 0 Å². The maximum atomic E-state index is 10.9. The molecule has 4 aromatic rings. The SMILES string of the molecule is CCCCCCc1cccc(-c2cccc(-c3cccc(-c4cc(OC)ccc4O)n3)n2)c1O.[Cl-].[Cl-].[Cl-].[Mn+3]. The van der Waals surface area contributed by atoms with Gasteiger partial charge in [-0.25, -0.2) is 9.97 Å². The summed E-state index contributed by atoms with van der Waals surface area (Å²) in [6.45, 7) is 2.20. The van der Waals surface area contributed by atoms with Crippen LogP contribution in [0.2, 0.25) is 0 Å². The molecule has 0 spiro atoms. The topological polar surface area (TPSA) is 75.5 Å². The molecule has 2 aromatic carbocycles. The maximum absolute atomic E-state index is 10.9. The summed E-state index contributed by atoms with van der Waals surface area (Å²) in [7, 11) is 1.59. The van der Waals surface area contributed by atoms with Gasteiger partial charge in [-0.05, 0) is 66.9 Å². The quantitative estimate of drug-likeness (QED) is 0.169. The van der Waals surface area contributed by atoms with Crippen molar-refractivity contribution in [3.63, 3.8) is 0 Å². The van der Waals surface area contributed by atoms with Gasteiger partial charge in [-0.15, -0.1) is 0 Å². The molecular weight excluding hydrogens is 586 g/mol. The number of hydrogen-bond donors (Lipinski definition) is 2. The van der Waals surface area contributed by atoms with E-state index in [9.17, 15) is 10.2 Å². The molecule has 5 nitrogen and oxygen atoms in total. The predicted octanol–water partition coefficient (Wildman–Crippen LogP) is -1.97. The molecule has 4 rings (SSSR count). The molecule has 0 aliphatic rings. The smallest absolute Gasteiger partial charge is 1.00 e. The Balaban J connectivity index is 0.00000342. The van der Waals surface area contributed by atoms with E-state index in [4.69, 9.17) is 14.7 Å². The van der Waals surface area contributed by atoms with Crippen LogP contribution >= 0.6 is 0 Å². The monoisotopic (exact) mass is 614 g/mol. The van der Waals surface area contributed by atoms with Gasteiger partial charge in [0.2, 0.25) is 0 Å². The van der Waals surface area contributed by atoms with Crippen molar-refractivity contribution >= 4 is 0 Å². The summed E-state index contributed by atoms with van der Waals surface area (Å²) in [6.07, 6.45) is 5.48. The van der Waals surface area contributed by atoms with E-state index < -0.39 is 0 Å². The van der Waals surface area contributed by atoms with Gasteiger partial charge < -0.3 is 52.2 Å². The summed E-state index contributed by atoms with van der Waals surface area (Å²) in [5.41, 5.74) is 4.95. The third-order valence-electron chi connectivity index (χ3n) is 5.94. The normalized spacial score (nSPS) is 9.74. The molecule has 202 valence electrons. The first-order chi connectivity index (χ1) is 16.6. The molecule has 0 amide bonds. The molecule has 38 heavy (non-hydrogen) atoms. The molecule has 0 aliphatic carbocycles. The molecule has 0 fully saturated rings. The number of hydrogen-bond acceptors (Lipinski definition) is 5. The minimum Gasteiger partial charge on any atom is -1.00 e. The fourth-order valence-corrected chi connectivity index (χ4v) is 4.04. The Morgan fingerprint density at radius 1 is 0.684 bits per heavy atom. The van der Waals surface area contributed by atoms with Crippen molar-refractivity contribution in [3.8, 4) is 51.2 Å².